The maximum atomic E-state index is 4.64. The van der Waals surface area contributed by atoms with Crippen molar-refractivity contribution >= 4 is 11.6 Å². The van der Waals surface area contributed by atoms with Crippen molar-refractivity contribution in [2.75, 3.05) is 42.9 Å². The summed E-state index contributed by atoms with van der Waals surface area (Å²) in [7, 11) is 0. The number of benzene rings is 1. The molecule has 0 aliphatic carbocycles. The van der Waals surface area contributed by atoms with E-state index in [4.69, 9.17) is 0 Å². The summed E-state index contributed by atoms with van der Waals surface area (Å²) < 4.78 is 0. The van der Waals surface area contributed by atoms with E-state index in [1.54, 1.807) is 0 Å². The van der Waals surface area contributed by atoms with Crippen molar-refractivity contribution in [1.29, 1.82) is 0 Å². The molecule has 0 unspecified atom stereocenters. The molecule has 5 nitrogen and oxygen atoms in total. The van der Waals surface area contributed by atoms with E-state index in [0.29, 0.717) is 0 Å². The molecule has 0 saturated carbocycles. The van der Waals surface area contributed by atoms with Crippen molar-refractivity contribution in [1.82, 2.24) is 14.9 Å². The van der Waals surface area contributed by atoms with Gasteiger partial charge in [0.25, 0.3) is 0 Å². The van der Waals surface area contributed by atoms with Crippen LogP contribution in [0.1, 0.15) is 23.9 Å². The van der Waals surface area contributed by atoms with Gasteiger partial charge in [-0.05, 0) is 31.5 Å². The number of nitrogens with zero attached hydrogens (tertiary/aromatic N) is 4. The van der Waals surface area contributed by atoms with Gasteiger partial charge in [-0.15, -0.1) is 0 Å². The number of anilines is 2. The number of aryl methyl sites for hydroxylation is 2. The van der Waals surface area contributed by atoms with Gasteiger partial charge in [-0.25, -0.2) is 9.97 Å². The van der Waals surface area contributed by atoms with Crippen LogP contribution in [-0.2, 0) is 6.54 Å². The first kappa shape index (κ1) is 16.7. The monoisotopic (exact) mass is 325 g/mol. The quantitative estimate of drug-likeness (QED) is 0.916. The van der Waals surface area contributed by atoms with Crippen LogP contribution in [-0.4, -0.2) is 47.6 Å². The number of rotatable bonds is 5. The van der Waals surface area contributed by atoms with Gasteiger partial charge in [-0.3, -0.25) is 0 Å². The Morgan fingerprint density at radius 2 is 1.79 bits per heavy atom. The van der Waals surface area contributed by atoms with E-state index in [1.807, 2.05) is 6.92 Å². The molecule has 1 fully saturated rings. The van der Waals surface area contributed by atoms with Crippen LogP contribution in [0.5, 0.6) is 0 Å². The molecular weight excluding hydrogens is 298 g/mol. The van der Waals surface area contributed by atoms with Crippen LogP contribution in [0.4, 0.5) is 11.6 Å². The van der Waals surface area contributed by atoms with Crippen LogP contribution in [0.25, 0.3) is 0 Å². The van der Waals surface area contributed by atoms with E-state index in [2.05, 4.69) is 69.3 Å². The van der Waals surface area contributed by atoms with Crippen LogP contribution < -0.4 is 10.2 Å². The lowest BCUT2D eigenvalue weighted by molar-refractivity contribution is 0.270. The molecule has 3 rings (SSSR count). The highest BCUT2D eigenvalue weighted by Gasteiger charge is 2.17. The molecule has 1 N–H and O–H groups in total. The topological polar surface area (TPSA) is 44.3 Å². The highest BCUT2D eigenvalue weighted by molar-refractivity contribution is 5.50. The molecule has 0 amide bonds. The van der Waals surface area contributed by atoms with Gasteiger partial charge in [0.05, 0.1) is 0 Å². The van der Waals surface area contributed by atoms with Gasteiger partial charge in [-0.2, -0.15) is 0 Å². The first-order valence-corrected chi connectivity index (χ1v) is 8.77. The third-order valence-electron chi connectivity index (χ3n) is 4.69. The molecule has 2 heterocycles. The van der Waals surface area contributed by atoms with Crippen LogP contribution in [0.3, 0.4) is 0 Å². The van der Waals surface area contributed by atoms with Gasteiger partial charge in [0.1, 0.15) is 17.5 Å². The SMILES string of the molecule is CCN1CCN(c2cc(NCc3ccccc3C)nc(C)n2)CC1. The number of aromatic nitrogens is 2. The van der Waals surface area contributed by atoms with Crippen LogP contribution in [0, 0.1) is 13.8 Å². The maximum absolute atomic E-state index is 4.64. The number of likely N-dealkylation sites (N-methyl/N-ethyl adjacent to an activating group) is 1. The van der Waals surface area contributed by atoms with E-state index in [1.165, 1.54) is 11.1 Å². The minimum Gasteiger partial charge on any atom is -0.366 e. The summed E-state index contributed by atoms with van der Waals surface area (Å²) in [6.07, 6.45) is 0. The van der Waals surface area contributed by atoms with Gasteiger partial charge in [0.2, 0.25) is 0 Å². The minimum absolute atomic E-state index is 0.784. The molecule has 1 aliphatic heterocycles. The van der Waals surface area contributed by atoms with E-state index >= 15 is 0 Å². The zero-order chi connectivity index (χ0) is 16.9. The Balaban J connectivity index is 1.69. The summed E-state index contributed by atoms with van der Waals surface area (Å²) in [5, 5.41) is 3.45. The van der Waals surface area contributed by atoms with Crippen molar-refractivity contribution in [2.45, 2.75) is 27.3 Å². The van der Waals surface area contributed by atoms with Crippen molar-refractivity contribution in [3.05, 3.63) is 47.3 Å². The predicted molar refractivity (Wildman–Crippen MR) is 99.6 cm³/mol. The van der Waals surface area contributed by atoms with Crippen molar-refractivity contribution in [2.24, 2.45) is 0 Å². The summed E-state index contributed by atoms with van der Waals surface area (Å²) >= 11 is 0. The first-order valence-electron chi connectivity index (χ1n) is 8.77. The molecule has 0 spiro atoms. The van der Waals surface area contributed by atoms with Gasteiger partial charge in [0, 0.05) is 38.8 Å². The van der Waals surface area contributed by atoms with Crippen LogP contribution in [0.2, 0.25) is 0 Å². The fraction of sp³-hybridized carbons (Fsp3) is 0.474. The average molecular weight is 325 g/mol. The fourth-order valence-corrected chi connectivity index (χ4v) is 3.09. The van der Waals surface area contributed by atoms with E-state index in [0.717, 1.165) is 56.7 Å². The lowest BCUT2D eigenvalue weighted by Crippen LogP contribution is -2.46. The van der Waals surface area contributed by atoms with Crippen LogP contribution in [0.15, 0.2) is 30.3 Å². The predicted octanol–water partition coefficient (Wildman–Crippen LogP) is 2.85. The fourth-order valence-electron chi connectivity index (χ4n) is 3.09. The Labute approximate surface area is 144 Å². The van der Waals surface area contributed by atoms with E-state index in [-0.39, 0.29) is 0 Å². The summed E-state index contributed by atoms with van der Waals surface area (Å²) in [5.74, 6) is 2.75. The Morgan fingerprint density at radius 3 is 2.50 bits per heavy atom. The second-order valence-electron chi connectivity index (χ2n) is 6.36. The molecule has 128 valence electrons. The zero-order valence-corrected chi connectivity index (χ0v) is 14.9. The molecule has 24 heavy (non-hydrogen) atoms. The average Bonchev–Trinajstić information content (AvgIpc) is 2.61. The molecule has 2 aromatic rings. The minimum atomic E-state index is 0.784. The second-order valence-corrected chi connectivity index (χ2v) is 6.36. The molecule has 0 radical (unpaired) electrons. The van der Waals surface area contributed by atoms with Gasteiger partial charge < -0.3 is 15.1 Å². The number of piperazine rings is 1. The molecule has 1 aromatic heterocycles. The Hall–Kier alpha value is -2.14. The number of nitrogens with one attached hydrogen (secondary N) is 1. The highest BCUT2D eigenvalue weighted by Crippen LogP contribution is 2.19. The third kappa shape index (κ3) is 4.03. The summed E-state index contributed by atoms with van der Waals surface area (Å²) in [4.78, 5) is 14.0. The highest BCUT2D eigenvalue weighted by atomic mass is 15.3. The maximum Gasteiger partial charge on any atom is 0.134 e. The molecule has 1 aliphatic rings. The van der Waals surface area contributed by atoms with Gasteiger partial charge in [0.15, 0.2) is 0 Å². The van der Waals surface area contributed by atoms with Crippen molar-refractivity contribution < 1.29 is 0 Å². The molecule has 1 aromatic carbocycles. The first-order chi connectivity index (χ1) is 11.7. The van der Waals surface area contributed by atoms with Crippen molar-refractivity contribution in [3.8, 4) is 0 Å². The normalized spacial score (nSPS) is 15.5. The molecule has 0 atom stereocenters. The number of hydrogen-bond acceptors (Lipinski definition) is 5. The van der Waals surface area contributed by atoms with Crippen molar-refractivity contribution in [3.63, 3.8) is 0 Å². The van der Waals surface area contributed by atoms with Crippen LogP contribution >= 0.6 is 0 Å². The Bertz CT molecular complexity index is 677. The molecule has 1 saturated heterocycles. The van der Waals surface area contributed by atoms with Gasteiger partial charge >= 0.3 is 0 Å². The number of hydrogen-bond donors (Lipinski definition) is 1. The van der Waals surface area contributed by atoms with E-state index in [9.17, 15) is 0 Å². The van der Waals surface area contributed by atoms with E-state index < -0.39 is 0 Å². The lowest BCUT2D eigenvalue weighted by atomic mass is 10.1. The summed E-state index contributed by atoms with van der Waals surface area (Å²) in [5.41, 5.74) is 2.60. The third-order valence-corrected chi connectivity index (χ3v) is 4.69. The lowest BCUT2D eigenvalue weighted by Gasteiger charge is -2.34. The Morgan fingerprint density at radius 1 is 1.04 bits per heavy atom. The standard InChI is InChI=1S/C19H27N5/c1-4-23-9-11-24(12-10-23)19-13-18(21-16(3)22-19)20-14-17-8-6-5-7-15(17)2/h5-8,13H,4,9-12,14H2,1-3H3,(H,20,21,22). The largest absolute Gasteiger partial charge is 0.366 e. The second kappa shape index (κ2) is 7.62. The molecule has 5 heteroatoms. The molecular formula is C19H27N5. The smallest absolute Gasteiger partial charge is 0.134 e. The molecule has 0 bridgehead atoms. The Kier molecular flexibility index (Phi) is 5.30. The zero-order valence-electron chi connectivity index (χ0n) is 14.9. The summed E-state index contributed by atoms with van der Waals surface area (Å²) in [6, 6.07) is 10.5. The summed E-state index contributed by atoms with van der Waals surface area (Å²) in [6.45, 7) is 12.5. The van der Waals surface area contributed by atoms with Gasteiger partial charge in [-0.1, -0.05) is 31.2 Å².